The number of nitrogens with one attached hydrogen (secondary N) is 2. The van der Waals surface area contributed by atoms with E-state index in [1.54, 1.807) is 6.92 Å². The van der Waals surface area contributed by atoms with Gasteiger partial charge in [0, 0.05) is 18.1 Å². The molecule has 0 atom stereocenters. The molecular formula is C17H12FN5O2. The number of amides is 1. The molecule has 2 aromatic heterocycles. The summed E-state index contributed by atoms with van der Waals surface area (Å²) in [6.45, 7) is 1.64. The van der Waals surface area contributed by atoms with Crippen molar-refractivity contribution in [2.75, 3.05) is 10.6 Å². The van der Waals surface area contributed by atoms with Gasteiger partial charge in [0.25, 0.3) is 5.91 Å². The number of aromatic nitrogens is 2. The van der Waals surface area contributed by atoms with E-state index in [4.69, 9.17) is 9.68 Å². The van der Waals surface area contributed by atoms with Crippen LogP contribution in [0.5, 0.6) is 0 Å². The first-order valence-corrected chi connectivity index (χ1v) is 7.21. The van der Waals surface area contributed by atoms with Crippen LogP contribution < -0.4 is 10.6 Å². The lowest BCUT2D eigenvalue weighted by atomic mass is 10.2. The highest BCUT2D eigenvalue weighted by Crippen LogP contribution is 2.24. The Morgan fingerprint density at radius 1 is 1.28 bits per heavy atom. The van der Waals surface area contributed by atoms with Gasteiger partial charge in [0.15, 0.2) is 11.5 Å². The van der Waals surface area contributed by atoms with Gasteiger partial charge >= 0.3 is 0 Å². The van der Waals surface area contributed by atoms with E-state index >= 15 is 0 Å². The summed E-state index contributed by atoms with van der Waals surface area (Å²) in [4.78, 5) is 20.1. The lowest BCUT2D eigenvalue weighted by Crippen LogP contribution is -2.13. The largest absolute Gasteiger partial charge is 0.469 e. The standard InChI is InChI=1S/C17H12FN5O2/c1-10-12(4-7-25-10)17(24)23-14-8-11(2-3-13(14)18)22-16-15(9-19)20-5-6-21-16/h2-8H,1H3,(H,21,22)(H,23,24). The molecule has 124 valence electrons. The van der Waals surface area contributed by atoms with Crippen LogP contribution in [0.4, 0.5) is 21.6 Å². The Bertz CT molecular complexity index is 977. The Morgan fingerprint density at radius 3 is 2.80 bits per heavy atom. The topological polar surface area (TPSA) is 104 Å². The van der Waals surface area contributed by atoms with E-state index in [1.165, 1.54) is 42.9 Å². The molecule has 0 fully saturated rings. The van der Waals surface area contributed by atoms with Crippen LogP contribution in [-0.2, 0) is 0 Å². The minimum atomic E-state index is -0.597. The van der Waals surface area contributed by atoms with Crippen molar-refractivity contribution in [3.8, 4) is 6.07 Å². The molecule has 2 N–H and O–H groups in total. The Labute approximate surface area is 142 Å². The molecule has 3 aromatic rings. The zero-order valence-electron chi connectivity index (χ0n) is 13.1. The third-order valence-corrected chi connectivity index (χ3v) is 3.38. The summed E-state index contributed by atoms with van der Waals surface area (Å²) < 4.78 is 19.1. The number of halogens is 1. The van der Waals surface area contributed by atoms with Crippen LogP contribution in [0.2, 0.25) is 0 Å². The minimum Gasteiger partial charge on any atom is -0.469 e. The van der Waals surface area contributed by atoms with Gasteiger partial charge in [0.1, 0.15) is 17.6 Å². The van der Waals surface area contributed by atoms with Crippen LogP contribution in [0.3, 0.4) is 0 Å². The number of nitrogens with zero attached hydrogens (tertiary/aromatic N) is 3. The predicted octanol–water partition coefficient (Wildman–Crippen LogP) is 3.38. The number of hydrogen-bond acceptors (Lipinski definition) is 6. The summed E-state index contributed by atoms with van der Waals surface area (Å²) in [5.41, 5.74) is 0.848. The molecule has 0 aliphatic heterocycles. The van der Waals surface area contributed by atoms with Crippen LogP contribution in [-0.4, -0.2) is 15.9 Å². The van der Waals surface area contributed by atoms with Gasteiger partial charge in [0.2, 0.25) is 0 Å². The fraction of sp³-hybridized carbons (Fsp3) is 0.0588. The van der Waals surface area contributed by atoms with Crippen molar-refractivity contribution in [3.05, 3.63) is 65.8 Å². The van der Waals surface area contributed by atoms with Crippen molar-refractivity contribution < 1.29 is 13.6 Å². The van der Waals surface area contributed by atoms with Gasteiger partial charge in [-0.15, -0.1) is 0 Å². The molecule has 7 nitrogen and oxygen atoms in total. The predicted molar refractivity (Wildman–Crippen MR) is 87.8 cm³/mol. The first-order chi connectivity index (χ1) is 12.1. The van der Waals surface area contributed by atoms with E-state index in [0.29, 0.717) is 17.0 Å². The second kappa shape index (κ2) is 6.80. The van der Waals surface area contributed by atoms with Crippen molar-refractivity contribution in [2.45, 2.75) is 6.92 Å². The lowest BCUT2D eigenvalue weighted by Gasteiger charge is -2.10. The molecule has 0 saturated carbocycles. The number of anilines is 3. The average Bonchev–Trinajstić information content (AvgIpc) is 3.04. The summed E-state index contributed by atoms with van der Waals surface area (Å²) in [5, 5.41) is 14.4. The molecule has 0 saturated heterocycles. The quantitative estimate of drug-likeness (QED) is 0.756. The number of aryl methyl sites for hydroxylation is 1. The van der Waals surface area contributed by atoms with Crippen molar-refractivity contribution in [1.29, 1.82) is 5.26 Å². The van der Waals surface area contributed by atoms with E-state index in [1.807, 2.05) is 6.07 Å². The second-order valence-corrected chi connectivity index (χ2v) is 5.03. The Morgan fingerprint density at radius 2 is 2.08 bits per heavy atom. The van der Waals surface area contributed by atoms with Crippen molar-refractivity contribution in [2.24, 2.45) is 0 Å². The first-order valence-electron chi connectivity index (χ1n) is 7.21. The molecule has 0 spiro atoms. The minimum absolute atomic E-state index is 0.0157. The molecule has 1 aromatic carbocycles. The molecule has 0 aliphatic carbocycles. The van der Waals surface area contributed by atoms with Crippen LogP contribution >= 0.6 is 0 Å². The fourth-order valence-electron chi connectivity index (χ4n) is 2.16. The highest BCUT2D eigenvalue weighted by Gasteiger charge is 2.14. The number of hydrogen-bond donors (Lipinski definition) is 2. The summed E-state index contributed by atoms with van der Waals surface area (Å²) in [7, 11) is 0. The Kier molecular flexibility index (Phi) is 4.39. The third kappa shape index (κ3) is 3.45. The van der Waals surface area contributed by atoms with Crippen LogP contribution in [0.15, 0.2) is 47.3 Å². The van der Waals surface area contributed by atoms with E-state index in [9.17, 15) is 9.18 Å². The molecule has 3 rings (SSSR count). The number of rotatable bonds is 4. The molecule has 0 unspecified atom stereocenters. The molecular weight excluding hydrogens is 325 g/mol. The smallest absolute Gasteiger partial charge is 0.259 e. The van der Waals surface area contributed by atoms with Crippen LogP contribution in [0.25, 0.3) is 0 Å². The second-order valence-electron chi connectivity index (χ2n) is 5.03. The molecule has 2 heterocycles. The number of benzene rings is 1. The maximum absolute atomic E-state index is 14.0. The summed E-state index contributed by atoms with van der Waals surface area (Å²) in [6.07, 6.45) is 4.21. The monoisotopic (exact) mass is 337 g/mol. The number of carbonyl (C=O) groups excluding carboxylic acids is 1. The van der Waals surface area contributed by atoms with Crippen LogP contribution in [0.1, 0.15) is 21.8 Å². The summed E-state index contributed by atoms with van der Waals surface area (Å²) in [6, 6.07) is 7.47. The zero-order chi connectivity index (χ0) is 17.8. The molecule has 0 bridgehead atoms. The van der Waals surface area contributed by atoms with Crippen molar-refractivity contribution >= 4 is 23.1 Å². The number of nitriles is 1. The van der Waals surface area contributed by atoms with Gasteiger partial charge in [-0.1, -0.05) is 0 Å². The lowest BCUT2D eigenvalue weighted by molar-refractivity contribution is 0.102. The van der Waals surface area contributed by atoms with Gasteiger partial charge in [-0.2, -0.15) is 5.26 Å². The molecule has 1 amide bonds. The van der Waals surface area contributed by atoms with E-state index in [0.717, 1.165) is 0 Å². The van der Waals surface area contributed by atoms with Gasteiger partial charge in [0.05, 0.1) is 17.5 Å². The third-order valence-electron chi connectivity index (χ3n) is 3.38. The molecule has 0 aliphatic rings. The van der Waals surface area contributed by atoms with Crippen LogP contribution in [0, 0.1) is 24.1 Å². The maximum Gasteiger partial charge on any atom is 0.259 e. The van der Waals surface area contributed by atoms with E-state index in [-0.39, 0.29) is 17.2 Å². The fourth-order valence-corrected chi connectivity index (χ4v) is 2.16. The molecule has 25 heavy (non-hydrogen) atoms. The van der Waals surface area contributed by atoms with Gasteiger partial charge in [-0.25, -0.2) is 14.4 Å². The first kappa shape index (κ1) is 16.1. The Hall–Kier alpha value is -3.73. The van der Waals surface area contributed by atoms with E-state index < -0.39 is 11.7 Å². The van der Waals surface area contributed by atoms with Gasteiger partial charge < -0.3 is 15.1 Å². The SMILES string of the molecule is Cc1occc1C(=O)Nc1cc(Nc2nccnc2C#N)ccc1F. The van der Waals surface area contributed by atoms with Gasteiger partial charge in [-0.05, 0) is 31.2 Å². The normalized spacial score (nSPS) is 10.1. The zero-order valence-corrected chi connectivity index (χ0v) is 13.1. The molecule has 0 radical (unpaired) electrons. The van der Waals surface area contributed by atoms with Gasteiger partial charge in [-0.3, -0.25) is 4.79 Å². The highest BCUT2D eigenvalue weighted by atomic mass is 19.1. The number of furan rings is 1. The van der Waals surface area contributed by atoms with Crippen molar-refractivity contribution in [3.63, 3.8) is 0 Å². The maximum atomic E-state index is 14.0. The van der Waals surface area contributed by atoms with E-state index in [2.05, 4.69) is 20.6 Å². The average molecular weight is 337 g/mol. The molecule has 8 heteroatoms. The number of carbonyl (C=O) groups is 1. The Balaban J connectivity index is 1.85. The summed E-state index contributed by atoms with van der Waals surface area (Å²) >= 11 is 0. The van der Waals surface area contributed by atoms with Crippen molar-refractivity contribution in [1.82, 2.24) is 9.97 Å². The summed E-state index contributed by atoms with van der Waals surface area (Å²) in [5.74, 6) is -0.413. The highest BCUT2D eigenvalue weighted by molar-refractivity contribution is 6.05.